The van der Waals surface area contributed by atoms with Gasteiger partial charge in [0.2, 0.25) is 5.76 Å². The normalized spacial score (nSPS) is 33.5. The predicted octanol–water partition coefficient (Wildman–Crippen LogP) is 4.70. The molecule has 8 nitrogen and oxygen atoms in total. The van der Waals surface area contributed by atoms with Crippen LogP contribution in [0.1, 0.15) is 61.8 Å². The maximum atomic E-state index is 13.3. The third-order valence-electron chi connectivity index (χ3n) is 7.93. The average Bonchev–Trinajstić information content (AvgIpc) is 2.92. The summed E-state index contributed by atoms with van der Waals surface area (Å²) < 4.78 is 17.0. The number of esters is 1. The van der Waals surface area contributed by atoms with E-state index in [-0.39, 0.29) is 29.3 Å². The Balaban J connectivity index is 3.49. The molecule has 0 saturated carbocycles. The van der Waals surface area contributed by atoms with Crippen LogP contribution in [0.15, 0.2) is 59.4 Å². The van der Waals surface area contributed by atoms with Crippen LogP contribution < -0.4 is 0 Å². The molecule has 0 aromatic carbocycles. The van der Waals surface area contributed by atoms with Gasteiger partial charge in [-0.25, -0.2) is 4.79 Å². The van der Waals surface area contributed by atoms with Gasteiger partial charge in [0.05, 0.1) is 25.4 Å². The number of allylic oxidation sites excluding steroid dienone is 6. The van der Waals surface area contributed by atoms with E-state index in [1.807, 2.05) is 45.9 Å². The lowest BCUT2D eigenvalue weighted by Crippen LogP contribution is -2.45. The third-order valence-corrected chi connectivity index (χ3v) is 7.93. The fourth-order valence-corrected chi connectivity index (χ4v) is 4.87. The Morgan fingerprint density at radius 1 is 1.12 bits per heavy atom. The van der Waals surface area contributed by atoms with Crippen molar-refractivity contribution < 1.29 is 39.1 Å². The van der Waals surface area contributed by atoms with Crippen LogP contribution in [0.4, 0.5) is 0 Å². The first-order chi connectivity index (χ1) is 19.1. The number of aliphatic hydroxyl groups is 3. The van der Waals surface area contributed by atoms with Crippen LogP contribution in [0, 0.1) is 29.6 Å². The molecule has 0 aromatic rings. The van der Waals surface area contributed by atoms with Gasteiger partial charge >= 0.3 is 5.97 Å². The minimum absolute atomic E-state index is 0.000220. The molecule has 1 aliphatic heterocycles. The molecule has 3 N–H and O–H groups in total. The van der Waals surface area contributed by atoms with Gasteiger partial charge in [0.1, 0.15) is 12.2 Å². The van der Waals surface area contributed by atoms with Crippen molar-refractivity contribution in [2.45, 2.75) is 92.3 Å². The summed E-state index contributed by atoms with van der Waals surface area (Å²) in [4.78, 5) is 26.2. The summed E-state index contributed by atoms with van der Waals surface area (Å²) >= 11 is 0. The second-order valence-electron chi connectivity index (χ2n) is 11.6. The number of carbonyl (C=O) groups excluding carboxylic acids is 2. The largest absolute Gasteiger partial charge is 0.490 e. The molecule has 10 unspecified atom stereocenters. The van der Waals surface area contributed by atoms with Crippen LogP contribution in [0.3, 0.4) is 0 Å². The molecule has 0 aromatic heterocycles. The van der Waals surface area contributed by atoms with Crippen LogP contribution in [-0.2, 0) is 23.8 Å². The van der Waals surface area contributed by atoms with E-state index in [0.717, 1.165) is 11.1 Å². The molecular formula is C33H52O8. The van der Waals surface area contributed by atoms with Crippen molar-refractivity contribution in [2.75, 3.05) is 14.2 Å². The molecule has 41 heavy (non-hydrogen) atoms. The van der Waals surface area contributed by atoms with E-state index in [1.54, 1.807) is 45.9 Å². The lowest BCUT2D eigenvalue weighted by atomic mass is 9.84. The topological polar surface area (TPSA) is 123 Å². The molecule has 0 saturated heterocycles. The molecule has 1 heterocycles. The number of cyclic esters (lactones) is 1. The summed E-state index contributed by atoms with van der Waals surface area (Å²) in [6.45, 7) is 14.5. The second-order valence-corrected chi connectivity index (χ2v) is 11.6. The van der Waals surface area contributed by atoms with E-state index >= 15 is 0 Å². The molecule has 10 atom stereocenters. The molecule has 0 fully saturated rings. The first-order valence-corrected chi connectivity index (χ1v) is 14.4. The summed E-state index contributed by atoms with van der Waals surface area (Å²) in [5, 5.41) is 31.8. The quantitative estimate of drug-likeness (QED) is 0.267. The van der Waals surface area contributed by atoms with Gasteiger partial charge in [0.25, 0.3) is 0 Å². The third kappa shape index (κ3) is 11.3. The van der Waals surface area contributed by atoms with Crippen molar-refractivity contribution in [2.24, 2.45) is 29.6 Å². The Kier molecular flexibility index (Phi) is 15.5. The highest BCUT2D eigenvalue weighted by molar-refractivity contribution is 5.92. The van der Waals surface area contributed by atoms with Gasteiger partial charge in [-0.1, -0.05) is 76.1 Å². The lowest BCUT2D eigenvalue weighted by Gasteiger charge is -2.33. The van der Waals surface area contributed by atoms with Crippen molar-refractivity contribution in [3.63, 3.8) is 0 Å². The van der Waals surface area contributed by atoms with E-state index in [0.29, 0.717) is 6.42 Å². The first-order valence-electron chi connectivity index (χ1n) is 14.4. The number of ketones is 1. The van der Waals surface area contributed by atoms with Crippen molar-refractivity contribution in [3.8, 4) is 0 Å². The second kappa shape index (κ2) is 17.4. The maximum absolute atomic E-state index is 13.3. The summed E-state index contributed by atoms with van der Waals surface area (Å²) in [5.74, 6) is -2.98. The molecule has 0 amide bonds. The Morgan fingerprint density at radius 3 is 2.32 bits per heavy atom. The molecule has 232 valence electrons. The molecule has 0 aliphatic carbocycles. The van der Waals surface area contributed by atoms with Gasteiger partial charge in [-0.15, -0.1) is 0 Å². The molecule has 1 rings (SSSR count). The van der Waals surface area contributed by atoms with Crippen LogP contribution in [0.5, 0.6) is 0 Å². The van der Waals surface area contributed by atoms with Crippen LogP contribution in [0.25, 0.3) is 0 Å². The minimum Gasteiger partial charge on any atom is -0.490 e. The molecule has 0 spiro atoms. The number of rotatable bonds is 9. The van der Waals surface area contributed by atoms with E-state index < -0.39 is 48.3 Å². The highest BCUT2D eigenvalue weighted by Crippen LogP contribution is 2.27. The molecule has 0 bridgehead atoms. The number of ether oxygens (including phenoxy) is 3. The van der Waals surface area contributed by atoms with Gasteiger partial charge in [-0.2, -0.15) is 0 Å². The van der Waals surface area contributed by atoms with Crippen molar-refractivity contribution in [1.82, 2.24) is 0 Å². The standard InChI is InChI=1S/C33H52O8/c1-19-12-11-13-28(39-9)32(25(7)31(37)24(6)27(35)15-14-21(3)26(8)34)41-33(38)29(40-10)18-20(2)17-23(5)30(36)22(4)16-19/h11-15,17-18,21-26,28,30-32,34,36-37H,16H2,1-10H3/b13-11-,15-14+,19-12-,20-17-,29-18+. The lowest BCUT2D eigenvalue weighted by molar-refractivity contribution is -0.162. The van der Waals surface area contributed by atoms with Crippen LogP contribution in [-0.4, -0.2) is 71.8 Å². The van der Waals surface area contributed by atoms with Crippen LogP contribution >= 0.6 is 0 Å². The highest BCUT2D eigenvalue weighted by Gasteiger charge is 2.38. The van der Waals surface area contributed by atoms with Gasteiger partial charge in [-0.05, 0) is 45.3 Å². The Labute approximate surface area is 246 Å². The zero-order valence-electron chi connectivity index (χ0n) is 26.4. The van der Waals surface area contributed by atoms with Crippen molar-refractivity contribution in [1.29, 1.82) is 0 Å². The van der Waals surface area contributed by atoms with E-state index in [2.05, 4.69) is 0 Å². The predicted molar refractivity (Wildman–Crippen MR) is 161 cm³/mol. The van der Waals surface area contributed by atoms with E-state index in [1.165, 1.54) is 20.3 Å². The number of aliphatic hydroxyl groups excluding tert-OH is 3. The smallest absolute Gasteiger partial charge is 0.373 e. The number of hydrogen-bond acceptors (Lipinski definition) is 8. The molecular weight excluding hydrogens is 524 g/mol. The Morgan fingerprint density at radius 2 is 1.76 bits per heavy atom. The fourth-order valence-electron chi connectivity index (χ4n) is 4.87. The number of hydrogen-bond donors (Lipinski definition) is 3. The number of methoxy groups -OCH3 is 2. The first kappa shape index (κ1) is 36.5. The SMILES string of the molecule is CO/C1=C/C(C)=C\C(C)C(O)C(C)C/C(C)=C\C=C/C(OC)C(C(C)C(O)C(C)C(=O)/C=C/C(C)C(C)O)OC1=O. The van der Waals surface area contributed by atoms with E-state index in [4.69, 9.17) is 14.2 Å². The maximum Gasteiger partial charge on any atom is 0.373 e. The van der Waals surface area contributed by atoms with E-state index in [9.17, 15) is 24.9 Å². The molecule has 8 heteroatoms. The van der Waals surface area contributed by atoms with Gasteiger partial charge < -0.3 is 29.5 Å². The summed E-state index contributed by atoms with van der Waals surface area (Å²) in [6, 6.07) is 0. The summed E-state index contributed by atoms with van der Waals surface area (Å²) in [6.07, 6.45) is 8.56. The van der Waals surface area contributed by atoms with Gasteiger partial charge in [-0.3, -0.25) is 4.79 Å². The summed E-state index contributed by atoms with van der Waals surface area (Å²) in [7, 11) is 2.85. The van der Waals surface area contributed by atoms with Gasteiger partial charge in [0, 0.05) is 30.8 Å². The fraction of sp³-hybridized carbons (Fsp3) is 0.636. The van der Waals surface area contributed by atoms with Gasteiger partial charge in [0.15, 0.2) is 5.78 Å². The van der Waals surface area contributed by atoms with Crippen LogP contribution in [0.2, 0.25) is 0 Å². The highest BCUT2D eigenvalue weighted by atomic mass is 16.6. The number of carbonyl (C=O) groups is 2. The Hall–Kier alpha value is -2.52. The van der Waals surface area contributed by atoms with Crippen molar-refractivity contribution >= 4 is 11.8 Å². The molecule has 0 radical (unpaired) electrons. The van der Waals surface area contributed by atoms with Crippen molar-refractivity contribution in [3.05, 3.63) is 59.4 Å². The zero-order valence-corrected chi connectivity index (χ0v) is 26.4. The average molecular weight is 577 g/mol. The zero-order chi connectivity index (χ0) is 31.4. The molecule has 1 aliphatic rings. The summed E-state index contributed by atoms with van der Waals surface area (Å²) in [5.41, 5.74) is 1.78. The minimum atomic E-state index is -1.17. The Bertz CT molecular complexity index is 1000. The monoisotopic (exact) mass is 576 g/mol.